The van der Waals surface area contributed by atoms with Crippen LogP contribution in [0.25, 0.3) is 0 Å². The first-order chi connectivity index (χ1) is 7.15. The smallest absolute Gasteiger partial charge is 0.412 e. The summed E-state index contributed by atoms with van der Waals surface area (Å²) in [7, 11) is 0. The summed E-state index contributed by atoms with van der Waals surface area (Å²) in [5.74, 6) is 0. The maximum absolute atomic E-state index is 11.9. The number of carbonyl (C=O) groups is 1. The van der Waals surface area contributed by atoms with Gasteiger partial charge in [-0.1, -0.05) is 0 Å². The van der Waals surface area contributed by atoms with Gasteiger partial charge in [0.25, 0.3) is 0 Å². The summed E-state index contributed by atoms with van der Waals surface area (Å²) in [6.45, 7) is 10.1. The molecule has 1 aliphatic rings. The van der Waals surface area contributed by atoms with Crippen LogP contribution in [0.5, 0.6) is 0 Å². The van der Waals surface area contributed by atoms with E-state index in [4.69, 9.17) is 15.2 Å². The Bertz CT molecular complexity index is 271. The van der Waals surface area contributed by atoms with Gasteiger partial charge in [0.1, 0.15) is 11.3 Å². The summed E-state index contributed by atoms with van der Waals surface area (Å²) in [6.07, 6.45) is -0.462. The lowest BCUT2D eigenvalue weighted by Gasteiger charge is -2.31. The average molecular weight is 230 g/mol. The molecule has 0 radical (unpaired) electrons. The number of nitrogens with zero attached hydrogens (tertiary/aromatic N) is 1. The van der Waals surface area contributed by atoms with Crippen LogP contribution >= 0.6 is 0 Å². The van der Waals surface area contributed by atoms with Crippen LogP contribution in [-0.4, -0.2) is 41.5 Å². The van der Waals surface area contributed by atoms with Gasteiger partial charge in [0, 0.05) is 6.54 Å². The van der Waals surface area contributed by atoms with Gasteiger partial charge in [0.05, 0.1) is 12.6 Å². The van der Waals surface area contributed by atoms with Gasteiger partial charge in [0.2, 0.25) is 0 Å². The quantitative estimate of drug-likeness (QED) is 0.737. The molecule has 1 amide bonds. The number of nitrogens with two attached hydrogens (primary N) is 1. The number of carbonyl (C=O) groups excluding carboxylic acids is 1. The maximum Gasteiger partial charge on any atom is 0.412 e. The highest BCUT2D eigenvalue weighted by molar-refractivity contribution is 5.69. The second kappa shape index (κ2) is 4.22. The van der Waals surface area contributed by atoms with E-state index in [2.05, 4.69) is 0 Å². The van der Waals surface area contributed by atoms with Crippen molar-refractivity contribution in [3.05, 3.63) is 0 Å². The van der Waals surface area contributed by atoms with Crippen LogP contribution in [0.2, 0.25) is 0 Å². The SMILES string of the molecule is CC(C)(C)OC(=O)N1CC(CN)OC1(C)C. The average Bonchev–Trinajstić information content (AvgIpc) is 2.37. The van der Waals surface area contributed by atoms with Crippen LogP contribution in [0.4, 0.5) is 4.79 Å². The first-order valence-electron chi connectivity index (χ1n) is 5.54. The molecule has 5 heteroatoms. The Morgan fingerprint density at radius 1 is 1.56 bits per heavy atom. The molecule has 1 unspecified atom stereocenters. The molecule has 16 heavy (non-hydrogen) atoms. The molecule has 1 fully saturated rings. The molecule has 1 aliphatic heterocycles. The molecule has 5 nitrogen and oxygen atoms in total. The van der Waals surface area contributed by atoms with E-state index in [9.17, 15) is 4.79 Å². The van der Waals surface area contributed by atoms with Gasteiger partial charge in [-0.05, 0) is 34.6 Å². The minimum absolute atomic E-state index is 0.109. The highest BCUT2D eigenvalue weighted by Gasteiger charge is 2.43. The lowest BCUT2D eigenvalue weighted by Crippen LogP contribution is -2.46. The van der Waals surface area contributed by atoms with Crippen molar-refractivity contribution in [2.24, 2.45) is 5.73 Å². The van der Waals surface area contributed by atoms with E-state index in [0.717, 1.165) is 0 Å². The summed E-state index contributed by atoms with van der Waals surface area (Å²) in [5.41, 5.74) is 4.40. The van der Waals surface area contributed by atoms with Crippen molar-refractivity contribution in [2.45, 2.75) is 52.0 Å². The molecule has 1 rings (SSSR count). The Labute approximate surface area is 96.9 Å². The third kappa shape index (κ3) is 3.09. The van der Waals surface area contributed by atoms with E-state index < -0.39 is 11.3 Å². The number of amides is 1. The first kappa shape index (κ1) is 13.3. The zero-order chi connectivity index (χ0) is 12.6. The van der Waals surface area contributed by atoms with Crippen molar-refractivity contribution >= 4 is 6.09 Å². The Balaban J connectivity index is 2.69. The van der Waals surface area contributed by atoms with Gasteiger partial charge in [-0.3, -0.25) is 4.90 Å². The molecule has 0 aromatic carbocycles. The summed E-state index contributed by atoms with van der Waals surface area (Å²) in [4.78, 5) is 13.5. The first-order valence-corrected chi connectivity index (χ1v) is 5.54. The summed E-state index contributed by atoms with van der Waals surface area (Å²) < 4.78 is 11.0. The molecule has 1 atom stereocenters. The fourth-order valence-corrected chi connectivity index (χ4v) is 1.67. The Morgan fingerprint density at radius 3 is 2.50 bits per heavy atom. The minimum atomic E-state index is -0.646. The minimum Gasteiger partial charge on any atom is -0.444 e. The standard InChI is InChI=1S/C11H22N2O3/c1-10(2,3)16-9(14)13-7-8(6-12)15-11(13,4)5/h8H,6-7,12H2,1-5H3. The van der Waals surface area contributed by atoms with Crippen molar-refractivity contribution in [1.29, 1.82) is 0 Å². The number of hydrogen-bond acceptors (Lipinski definition) is 4. The van der Waals surface area contributed by atoms with Crippen LogP contribution in [0.3, 0.4) is 0 Å². The molecule has 1 saturated heterocycles. The monoisotopic (exact) mass is 230 g/mol. The summed E-state index contributed by atoms with van der Waals surface area (Å²) in [6, 6.07) is 0. The van der Waals surface area contributed by atoms with E-state index in [0.29, 0.717) is 13.1 Å². The number of ether oxygens (including phenoxy) is 2. The number of rotatable bonds is 1. The van der Waals surface area contributed by atoms with Gasteiger partial charge in [-0.15, -0.1) is 0 Å². The lowest BCUT2D eigenvalue weighted by molar-refractivity contribution is -0.0761. The van der Waals surface area contributed by atoms with Gasteiger partial charge in [-0.25, -0.2) is 4.79 Å². The summed E-state index contributed by atoms with van der Waals surface area (Å²) >= 11 is 0. The van der Waals surface area contributed by atoms with E-state index in [-0.39, 0.29) is 12.2 Å². The molecule has 0 spiro atoms. The zero-order valence-corrected chi connectivity index (χ0v) is 10.7. The molecule has 0 saturated carbocycles. The van der Waals surface area contributed by atoms with Gasteiger partial charge >= 0.3 is 6.09 Å². The Hall–Kier alpha value is -0.810. The Morgan fingerprint density at radius 2 is 2.12 bits per heavy atom. The third-order valence-corrected chi connectivity index (χ3v) is 2.37. The molecule has 1 heterocycles. The van der Waals surface area contributed by atoms with E-state index in [1.165, 1.54) is 0 Å². The third-order valence-electron chi connectivity index (χ3n) is 2.37. The Kier molecular flexibility index (Phi) is 3.50. The predicted octanol–water partition coefficient (Wildman–Crippen LogP) is 1.32. The van der Waals surface area contributed by atoms with E-state index in [1.807, 2.05) is 34.6 Å². The largest absolute Gasteiger partial charge is 0.444 e. The van der Waals surface area contributed by atoms with Crippen molar-refractivity contribution in [1.82, 2.24) is 4.90 Å². The van der Waals surface area contributed by atoms with Crippen LogP contribution in [-0.2, 0) is 9.47 Å². The van der Waals surface area contributed by atoms with Crippen molar-refractivity contribution < 1.29 is 14.3 Å². The number of hydrogen-bond donors (Lipinski definition) is 1. The highest BCUT2D eigenvalue weighted by Crippen LogP contribution is 2.28. The summed E-state index contributed by atoms with van der Waals surface area (Å²) in [5, 5.41) is 0. The van der Waals surface area contributed by atoms with E-state index in [1.54, 1.807) is 4.90 Å². The fraction of sp³-hybridized carbons (Fsp3) is 0.909. The molecule has 2 N–H and O–H groups in total. The normalized spacial score (nSPS) is 24.6. The van der Waals surface area contributed by atoms with Crippen LogP contribution in [0.15, 0.2) is 0 Å². The molecule has 94 valence electrons. The van der Waals surface area contributed by atoms with Gasteiger partial charge in [-0.2, -0.15) is 0 Å². The predicted molar refractivity (Wildman–Crippen MR) is 60.9 cm³/mol. The van der Waals surface area contributed by atoms with Crippen LogP contribution in [0, 0.1) is 0 Å². The van der Waals surface area contributed by atoms with E-state index >= 15 is 0 Å². The molecule has 0 aromatic heterocycles. The molecular weight excluding hydrogens is 208 g/mol. The zero-order valence-electron chi connectivity index (χ0n) is 10.7. The second-order valence-electron chi connectivity index (χ2n) is 5.51. The van der Waals surface area contributed by atoms with Crippen molar-refractivity contribution in [3.63, 3.8) is 0 Å². The topological polar surface area (TPSA) is 64.8 Å². The molecular formula is C11H22N2O3. The van der Waals surface area contributed by atoms with Crippen LogP contribution in [0.1, 0.15) is 34.6 Å². The van der Waals surface area contributed by atoms with Crippen molar-refractivity contribution in [2.75, 3.05) is 13.1 Å². The maximum atomic E-state index is 11.9. The molecule has 0 bridgehead atoms. The van der Waals surface area contributed by atoms with Gasteiger partial charge < -0.3 is 15.2 Å². The van der Waals surface area contributed by atoms with Crippen LogP contribution < -0.4 is 5.73 Å². The molecule has 0 aliphatic carbocycles. The fourth-order valence-electron chi connectivity index (χ4n) is 1.67. The van der Waals surface area contributed by atoms with Gasteiger partial charge in [0.15, 0.2) is 0 Å². The molecule has 0 aromatic rings. The lowest BCUT2D eigenvalue weighted by atomic mass is 10.2. The van der Waals surface area contributed by atoms with Crippen molar-refractivity contribution in [3.8, 4) is 0 Å². The second-order valence-corrected chi connectivity index (χ2v) is 5.51. The highest BCUT2D eigenvalue weighted by atomic mass is 16.6.